The van der Waals surface area contributed by atoms with E-state index in [2.05, 4.69) is 0 Å². The van der Waals surface area contributed by atoms with E-state index in [1.54, 1.807) is 12.1 Å². The third-order valence-electron chi connectivity index (χ3n) is 3.22. The lowest BCUT2D eigenvalue weighted by Crippen LogP contribution is -2.07. The van der Waals surface area contributed by atoms with Gasteiger partial charge >= 0.3 is 0 Å². The standard InChI is InChI=1S/C14H19NO2/c15-13-8-2-1-7-12(13)14(16)9-3-5-11-6-4-10-17-11/h1-2,7-8,11H,3-6,9-10,15H2. The van der Waals surface area contributed by atoms with Crippen molar-refractivity contribution in [1.82, 2.24) is 0 Å². The van der Waals surface area contributed by atoms with E-state index in [1.165, 1.54) is 0 Å². The summed E-state index contributed by atoms with van der Waals surface area (Å²) in [5.74, 6) is 0.140. The van der Waals surface area contributed by atoms with Crippen LogP contribution in [0.15, 0.2) is 24.3 Å². The second kappa shape index (κ2) is 5.82. The molecule has 1 fully saturated rings. The number of rotatable bonds is 5. The van der Waals surface area contributed by atoms with E-state index in [0.29, 0.717) is 23.8 Å². The molecule has 1 aromatic rings. The van der Waals surface area contributed by atoms with Gasteiger partial charge < -0.3 is 10.5 Å². The molecule has 17 heavy (non-hydrogen) atoms. The van der Waals surface area contributed by atoms with Gasteiger partial charge in [-0.25, -0.2) is 0 Å². The number of benzene rings is 1. The Kier molecular flexibility index (Phi) is 4.15. The van der Waals surface area contributed by atoms with Crippen LogP contribution >= 0.6 is 0 Å². The van der Waals surface area contributed by atoms with Crippen molar-refractivity contribution in [2.45, 2.75) is 38.2 Å². The van der Waals surface area contributed by atoms with Crippen LogP contribution in [0.5, 0.6) is 0 Å². The predicted octanol–water partition coefficient (Wildman–Crippen LogP) is 2.80. The van der Waals surface area contributed by atoms with Crippen LogP contribution in [0.2, 0.25) is 0 Å². The molecule has 2 N–H and O–H groups in total. The van der Waals surface area contributed by atoms with E-state index in [0.717, 1.165) is 32.3 Å². The molecule has 3 nitrogen and oxygen atoms in total. The highest BCUT2D eigenvalue weighted by molar-refractivity contribution is 6.00. The molecule has 0 aromatic heterocycles. The number of nitrogen functional groups attached to an aromatic ring is 1. The summed E-state index contributed by atoms with van der Waals surface area (Å²) in [5.41, 5.74) is 7.00. The number of carbonyl (C=O) groups excluding carboxylic acids is 1. The zero-order chi connectivity index (χ0) is 12.1. The number of para-hydroxylation sites is 1. The fourth-order valence-corrected chi connectivity index (χ4v) is 2.25. The maximum Gasteiger partial charge on any atom is 0.164 e. The Morgan fingerprint density at radius 1 is 1.41 bits per heavy atom. The molecule has 1 saturated heterocycles. The molecular formula is C14H19NO2. The van der Waals surface area contributed by atoms with Crippen LogP contribution < -0.4 is 5.73 Å². The Balaban J connectivity index is 1.79. The quantitative estimate of drug-likeness (QED) is 0.628. The second-order valence-corrected chi connectivity index (χ2v) is 4.54. The van der Waals surface area contributed by atoms with Gasteiger partial charge in [-0.2, -0.15) is 0 Å². The first-order valence-corrected chi connectivity index (χ1v) is 6.26. The number of ether oxygens (including phenoxy) is 1. The second-order valence-electron chi connectivity index (χ2n) is 4.54. The van der Waals surface area contributed by atoms with E-state index in [9.17, 15) is 4.79 Å². The molecular weight excluding hydrogens is 214 g/mol. The van der Waals surface area contributed by atoms with Gasteiger partial charge in [0.15, 0.2) is 5.78 Å². The lowest BCUT2D eigenvalue weighted by molar-refractivity contribution is 0.0923. The number of nitrogens with two attached hydrogens (primary N) is 1. The highest BCUT2D eigenvalue weighted by Gasteiger charge is 2.16. The first kappa shape index (κ1) is 12.1. The first-order valence-electron chi connectivity index (χ1n) is 6.26. The molecule has 0 radical (unpaired) electrons. The van der Waals surface area contributed by atoms with Crippen molar-refractivity contribution >= 4 is 11.5 Å². The molecule has 1 atom stereocenters. The largest absolute Gasteiger partial charge is 0.398 e. The summed E-state index contributed by atoms with van der Waals surface area (Å²) in [7, 11) is 0. The first-order chi connectivity index (χ1) is 8.27. The van der Waals surface area contributed by atoms with Gasteiger partial charge in [-0.1, -0.05) is 12.1 Å². The average Bonchev–Trinajstić information content (AvgIpc) is 2.82. The number of carbonyl (C=O) groups is 1. The van der Waals surface area contributed by atoms with Crippen molar-refractivity contribution in [2.24, 2.45) is 0 Å². The van der Waals surface area contributed by atoms with Crippen LogP contribution in [0.25, 0.3) is 0 Å². The van der Waals surface area contributed by atoms with E-state index >= 15 is 0 Å². The van der Waals surface area contributed by atoms with Crippen LogP contribution in [0.1, 0.15) is 42.5 Å². The fraction of sp³-hybridized carbons (Fsp3) is 0.500. The van der Waals surface area contributed by atoms with Crippen LogP contribution in [0.3, 0.4) is 0 Å². The number of Topliss-reactive ketones (excluding diaryl/α,β-unsaturated/α-hetero) is 1. The number of hydrogen-bond acceptors (Lipinski definition) is 3. The molecule has 1 aliphatic heterocycles. The summed E-state index contributed by atoms with van der Waals surface area (Å²) in [6.07, 6.45) is 5.10. The predicted molar refractivity (Wildman–Crippen MR) is 68.0 cm³/mol. The third-order valence-corrected chi connectivity index (χ3v) is 3.22. The maximum absolute atomic E-state index is 11.9. The van der Waals surface area contributed by atoms with Gasteiger partial charge in [-0.15, -0.1) is 0 Å². The van der Waals surface area contributed by atoms with Gasteiger partial charge in [0.2, 0.25) is 0 Å². The number of anilines is 1. The molecule has 92 valence electrons. The zero-order valence-corrected chi connectivity index (χ0v) is 10.0. The van der Waals surface area contributed by atoms with Crippen molar-refractivity contribution in [2.75, 3.05) is 12.3 Å². The van der Waals surface area contributed by atoms with E-state index < -0.39 is 0 Å². The van der Waals surface area contributed by atoms with Crippen LogP contribution in [0, 0.1) is 0 Å². The third kappa shape index (κ3) is 3.30. The van der Waals surface area contributed by atoms with Crippen LogP contribution in [-0.2, 0) is 4.74 Å². The average molecular weight is 233 g/mol. The Hall–Kier alpha value is -1.35. The summed E-state index contributed by atoms with van der Waals surface area (Å²) in [5, 5.41) is 0. The summed E-state index contributed by atoms with van der Waals surface area (Å²) in [6.45, 7) is 0.879. The van der Waals surface area contributed by atoms with Gasteiger partial charge in [0, 0.05) is 24.3 Å². The Morgan fingerprint density at radius 3 is 2.94 bits per heavy atom. The van der Waals surface area contributed by atoms with Crippen LogP contribution in [0.4, 0.5) is 5.69 Å². The van der Waals surface area contributed by atoms with Crippen molar-refractivity contribution in [1.29, 1.82) is 0 Å². The minimum absolute atomic E-state index is 0.140. The van der Waals surface area contributed by atoms with Gasteiger partial charge in [0.25, 0.3) is 0 Å². The van der Waals surface area contributed by atoms with Crippen molar-refractivity contribution < 1.29 is 9.53 Å². The highest BCUT2D eigenvalue weighted by atomic mass is 16.5. The molecule has 0 saturated carbocycles. The maximum atomic E-state index is 11.9. The van der Waals surface area contributed by atoms with Crippen molar-refractivity contribution in [3.05, 3.63) is 29.8 Å². The fourth-order valence-electron chi connectivity index (χ4n) is 2.25. The van der Waals surface area contributed by atoms with Gasteiger partial charge in [-0.3, -0.25) is 4.79 Å². The van der Waals surface area contributed by atoms with Gasteiger partial charge in [-0.05, 0) is 37.8 Å². The lowest BCUT2D eigenvalue weighted by Gasteiger charge is -2.08. The number of hydrogen-bond donors (Lipinski definition) is 1. The lowest BCUT2D eigenvalue weighted by atomic mass is 10.0. The summed E-state index contributed by atoms with van der Waals surface area (Å²) in [4.78, 5) is 11.9. The summed E-state index contributed by atoms with van der Waals surface area (Å²) < 4.78 is 5.53. The van der Waals surface area contributed by atoms with E-state index in [4.69, 9.17) is 10.5 Å². The Labute approximate surface area is 102 Å². The van der Waals surface area contributed by atoms with Gasteiger partial charge in [0.05, 0.1) is 6.10 Å². The monoisotopic (exact) mass is 233 g/mol. The Bertz CT molecular complexity index is 384. The minimum atomic E-state index is 0.140. The molecule has 1 heterocycles. The normalized spacial score (nSPS) is 19.4. The molecule has 1 aromatic carbocycles. The molecule has 0 spiro atoms. The molecule has 0 amide bonds. The Morgan fingerprint density at radius 2 is 2.24 bits per heavy atom. The summed E-state index contributed by atoms with van der Waals surface area (Å²) in [6, 6.07) is 7.26. The summed E-state index contributed by atoms with van der Waals surface area (Å²) >= 11 is 0. The van der Waals surface area contributed by atoms with Gasteiger partial charge in [0.1, 0.15) is 0 Å². The number of ketones is 1. The molecule has 0 bridgehead atoms. The smallest absolute Gasteiger partial charge is 0.164 e. The minimum Gasteiger partial charge on any atom is -0.398 e. The van der Waals surface area contributed by atoms with Crippen molar-refractivity contribution in [3.63, 3.8) is 0 Å². The van der Waals surface area contributed by atoms with Crippen LogP contribution in [-0.4, -0.2) is 18.5 Å². The zero-order valence-electron chi connectivity index (χ0n) is 10.0. The SMILES string of the molecule is Nc1ccccc1C(=O)CCCC1CCCO1. The molecule has 3 heteroatoms. The molecule has 1 aliphatic rings. The van der Waals surface area contributed by atoms with E-state index in [-0.39, 0.29) is 5.78 Å². The molecule has 1 unspecified atom stereocenters. The topological polar surface area (TPSA) is 52.3 Å². The molecule has 0 aliphatic carbocycles. The highest BCUT2D eigenvalue weighted by Crippen LogP contribution is 2.19. The van der Waals surface area contributed by atoms with E-state index in [1.807, 2.05) is 12.1 Å². The molecule has 2 rings (SSSR count). The van der Waals surface area contributed by atoms with Crippen molar-refractivity contribution in [3.8, 4) is 0 Å².